The number of nitrogen functional groups attached to an aromatic ring is 1. The van der Waals surface area contributed by atoms with Gasteiger partial charge in [-0.1, -0.05) is 48.5 Å². The van der Waals surface area contributed by atoms with E-state index in [2.05, 4.69) is 39.1 Å². The largest absolute Gasteiger partial charge is 0.396 e. The number of anilines is 2. The number of carbonyl (C=O) groups is 2. The summed E-state index contributed by atoms with van der Waals surface area (Å²) in [5.41, 5.74) is 9.12. The van der Waals surface area contributed by atoms with Crippen molar-refractivity contribution in [1.82, 2.24) is 15.6 Å². The van der Waals surface area contributed by atoms with E-state index >= 15 is 0 Å². The fraction of sp³-hybridized carbons (Fsp3) is 0.0800. The lowest BCUT2D eigenvalue weighted by atomic mass is 10.1. The predicted octanol–water partition coefficient (Wildman–Crippen LogP) is 4.07. The molecule has 1 aromatic heterocycles. The van der Waals surface area contributed by atoms with Gasteiger partial charge >= 0.3 is 6.03 Å². The fourth-order valence-corrected chi connectivity index (χ4v) is 3.26. The van der Waals surface area contributed by atoms with Gasteiger partial charge in [-0.05, 0) is 46.2 Å². The van der Waals surface area contributed by atoms with Crippen molar-refractivity contribution in [1.29, 1.82) is 0 Å². The van der Waals surface area contributed by atoms with Crippen LogP contribution >= 0.6 is 0 Å². The third-order valence-corrected chi connectivity index (χ3v) is 5.04. The standard InChI is InChI=1S/C25H23N5O2/c26-22-16-27-12-11-23(22)30-24(31)20-9-5-17(6-10-20)14-28-25(32)29-15-18-7-8-19-3-1-2-4-21(19)13-18/h1-13,16H,14-15,26H2,(H,27,30,31)(H2,28,29,32). The SMILES string of the molecule is Nc1cnccc1NC(=O)c1ccc(CNC(=O)NCc2ccc3ccccc3c2)cc1. The zero-order chi connectivity index (χ0) is 22.3. The number of hydrogen-bond donors (Lipinski definition) is 4. The van der Waals surface area contributed by atoms with Crippen LogP contribution in [0.4, 0.5) is 16.2 Å². The highest BCUT2D eigenvalue weighted by molar-refractivity contribution is 6.05. The van der Waals surface area contributed by atoms with Crippen LogP contribution < -0.4 is 21.7 Å². The summed E-state index contributed by atoms with van der Waals surface area (Å²) in [5, 5.41) is 10.8. The van der Waals surface area contributed by atoms with Crippen LogP contribution in [0.1, 0.15) is 21.5 Å². The van der Waals surface area contributed by atoms with E-state index in [0.29, 0.717) is 30.0 Å². The summed E-state index contributed by atoms with van der Waals surface area (Å²) in [4.78, 5) is 28.4. The Bertz CT molecular complexity index is 1250. The maximum Gasteiger partial charge on any atom is 0.315 e. The number of fused-ring (bicyclic) bond motifs is 1. The van der Waals surface area contributed by atoms with Gasteiger partial charge in [-0.3, -0.25) is 9.78 Å². The summed E-state index contributed by atoms with van der Waals surface area (Å²) in [5.74, 6) is -0.268. The van der Waals surface area contributed by atoms with E-state index in [1.807, 2.05) is 24.3 Å². The van der Waals surface area contributed by atoms with Crippen molar-refractivity contribution in [3.05, 3.63) is 102 Å². The third-order valence-electron chi connectivity index (χ3n) is 5.04. The van der Waals surface area contributed by atoms with Gasteiger partial charge in [0.25, 0.3) is 5.91 Å². The number of benzene rings is 3. The van der Waals surface area contributed by atoms with Gasteiger partial charge < -0.3 is 21.7 Å². The van der Waals surface area contributed by atoms with Crippen molar-refractivity contribution in [3.63, 3.8) is 0 Å². The van der Waals surface area contributed by atoms with Crippen LogP contribution in [0.15, 0.2) is 85.2 Å². The average molecular weight is 425 g/mol. The summed E-state index contributed by atoms with van der Waals surface area (Å²) in [7, 11) is 0. The molecule has 7 nitrogen and oxygen atoms in total. The number of urea groups is 1. The Morgan fingerprint density at radius 2 is 1.50 bits per heavy atom. The van der Waals surface area contributed by atoms with Gasteiger partial charge in [0.15, 0.2) is 0 Å². The molecule has 160 valence electrons. The van der Waals surface area contributed by atoms with Gasteiger partial charge in [0.05, 0.1) is 17.6 Å². The Labute approximate surface area is 185 Å². The quantitative estimate of drug-likeness (QED) is 0.373. The number of hydrogen-bond acceptors (Lipinski definition) is 4. The van der Waals surface area contributed by atoms with Gasteiger partial charge in [0.1, 0.15) is 0 Å². The topological polar surface area (TPSA) is 109 Å². The van der Waals surface area contributed by atoms with Crippen molar-refractivity contribution in [2.24, 2.45) is 0 Å². The molecule has 0 aliphatic heterocycles. The second-order valence-corrected chi connectivity index (χ2v) is 7.33. The Morgan fingerprint density at radius 1 is 0.812 bits per heavy atom. The number of nitrogens with zero attached hydrogens (tertiary/aromatic N) is 1. The molecule has 0 spiro atoms. The van der Waals surface area contributed by atoms with Crippen LogP contribution in [0.5, 0.6) is 0 Å². The highest BCUT2D eigenvalue weighted by Crippen LogP contribution is 2.17. The second-order valence-electron chi connectivity index (χ2n) is 7.33. The summed E-state index contributed by atoms with van der Waals surface area (Å²) in [6.45, 7) is 0.788. The molecule has 0 saturated carbocycles. The number of nitrogens with two attached hydrogens (primary N) is 1. The minimum atomic E-state index is -0.268. The predicted molar refractivity (Wildman–Crippen MR) is 126 cm³/mol. The lowest BCUT2D eigenvalue weighted by Crippen LogP contribution is -2.34. The van der Waals surface area contributed by atoms with E-state index in [1.165, 1.54) is 11.6 Å². The maximum atomic E-state index is 12.4. The summed E-state index contributed by atoms with van der Waals surface area (Å²) < 4.78 is 0. The lowest BCUT2D eigenvalue weighted by Gasteiger charge is -2.10. The van der Waals surface area contributed by atoms with E-state index < -0.39 is 0 Å². The zero-order valence-corrected chi connectivity index (χ0v) is 17.3. The number of carbonyl (C=O) groups excluding carboxylic acids is 2. The van der Waals surface area contributed by atoms with Crippen LogP contribution in [0.2, 0.25) is 0 Å². The van der Waals surface area contributed by atoms with E-state index in [9.17, 15) is 9.59 Å². The Balaban J connectivity index is 1.26. The highest BCUT2D eigenvalue weighted by atomic mass is 16.2. The highest BCUT2D eigenvalue weighted by Gasteiger charge is 2.08. The molecular weight excluding hydrogens is 402 g/mol. The van der Waals surface area contributed by atoms with Crippen LogP contribution in [0.3, 0.4) is 0 Å². The van der Waals surface area contributed by atoms with E-state index in [4.69, 9.17) is 5.73 Å². The minimum absolute atomic E-state index is 0.256. The monoisotopic (exact) mass is 425 g/mol. The number of aromatic nitrogens is 1. The lowest BCUT2D eigenvalue weighted by molar-refractivity contribution is 0.102. The molecule has 0 unspecified atom stereocenters. The van der Waals surface area contributed by atoms with E-state index in [-0.39, 0.29) is 11.9 Å². The Hall–Kier alpha value is -4.39. The molecule has 0 fully saturated rings. The molecule has 4 aromatic rings. The minimum Gasteiger partial charge on any atom is -0.396 e. The van der Waals surface area contributed by atoms with Crippen LogP contribution in [-0.4, -0.2) is 16.9 Å². The summed E-state index contributed by atoms with van der Waals surface area (Å²) >= 11 is 0. The van der Waals surface area contributed by atoms with Crippen molar-refractivity contribution in [2.45, 2.75) is 13.1 Å². The van der Waals surface area contributed by atoms with Crippen molar-refractivity contribution < 1.29 is 9.59 Å². The number of amides is 3. The normalized spacial score (nSPS) is 10.5. The van der Waals surface area contributed by atoms with Gasteiger partial charge in [-0.25, -0.2) is 4.79 Å². The second kappa shape index (κ2) is 9.61. The van der Waals surface area contributed by atoms with Gasteiger partial charge in [0.2, 0.25) is 0 Å². The van der Waals surface area contributed by atoms with Crippen molar-refractivity contribution >= 4 is 34.1 Å². The smallest absolute Gasteiger partial charge is 0.315 e. The average Bonchev–Trinajstić information content (AvgIpc) is 2.83. The first-order valence-corrected chi connectivity index (χ1v) is 10.2. The molecule has 0 saturated heterocycles. The molecule has 0 atom stereocenters. The summed E-state index contributed by atoms with van der Waals surface area (Å²) in [6, 6.07) is 22.6. The van der Waals surface area contributed by atoms with Crippen LogP contribution in [0.25, 0.3) is 10.8 Å². The number of nitrogens with one attached hydrogen (secondary N) is 3. The summed E-state index contributed by atoms with van der Waals surface area (Å²) in [6.07, 6.45) is 3.04. The van der Waals surface area contributed by atoms with Gasteiger partial charge in [-0.15, -0.1) is 0 Å². The van der Waals surface area contributed by atoms with E-state index in [0.717, 1.165) is 16.5 Å². The van der Waals surface area contributed by atoms with Crippen molar-refractivity contribution in [3.8, 4) is 0 Å². The fourth-order valence-electron chi connectivity index (χ4n) is 3.26. The number of rotatable bonds is 6. The molecule has 32 heavy (non-hydrogen) atoms. The molecule has 5 N–H and O–H groups in total. The van der Waals surface area contributed by atoms with E-state index in [1.54, 1.807) is 36.5 Å². The molecule has 1 heterocycles. The first kappa shape index (κ1) is 20.9. The van der Waals surface area contributed by atoms with Gasteiger partial charge in [0, 0.05) is 24.8 Å². The molecule has 0 bridgehead atoms. The molecular formula is C25H23N5O2. The molecule has 4 rings (SSSR count). The molecule has 0 aliphatic carbocycles. The first-order valence-electron chi connectivity index (χ1n) is 10.2. The zero-order valence-electron chi connectivity index (χ0n) is 17.3. The molecule has 3 amide bonds. The Morgan fingerprint density at radius 3 is 2.25 bits per heavy atom. The molecule has 3 aromatic carbocycles. The Kier molecular flexibility index (Phi) is 6.27. The van der Waals surface area contributed by atoms with Gasteiger partial charge in [-0.2, -0.15) is 0 Å². The first-order chi connectivity index (χ1) is 15.6. The molecule has 0 aliphatic rings. The molecule has 0 radical (unpaired) electrons. The van der Waals surface area contributed by atoms with Crippen LogP contribution in [-0.2, 0) is 13.1 Å². The maximum absolute atomic E-state index is 12.4. The van der Waals surface area contributed by atoms with Crippen LogP contribution in [0, 0.1) is 0 Å². The number of pyridine rings is 1. The molecule has 7 heteroatoms. The third kappa shape index (κ3) is 5.20. The van der Waals surface area contributed by atoms with Crippen molar-refractivity contribution in [2.75, 3.05) is 11.1 Å².